The summed E-state index contributed by atoms with van der Waals surface area (Å²) in [6.45, 7) is -0.480. The minimum absolute atomic E-state index is 0.408. The summed E-state index contributed by atoms with van der Waals surface area (Å²) in [5, 5.41) is 18.8. The Hall–Kier alpha value is -2.11. The molecule has 1 N–H and O–H groups in total. The van der Waals surface area contributed by atoms with Crippen molar-refractivity contribution >= 4 is 5.97 Å². The van der Waals surface area contributed by atoms with Gasteiger partial charge < -0.3 is 9.84 Å². The lowest BCUT2D eigenvalue weighted by Crippen LogP contribution is -2.35. The number of aliphatic carboxylic acids is 1. The summed E-state index contributed by atoms with van der Waals surface area (Å²) in [4.78, 5) is 19.9. The van der Waals surface area contributed by atoms with Crippen LogP contribution in [0.25, 0.3) is 0 Å². The normalized spacial score (nSPS) is 11.7. The SMILES string of the molecule is O=C(O)C(COc1ccccc1)[N+](=O)[O-]. The van der Waals surface area contributed by atoms with Crippen LogP contribution in [0.5, 0.6) is 5.75 Å². The van der Waals surface area contributed by atoms with Crippen LogP contribution in [-0.2, 0) is 4.79 Å². The van der Waals surface area contributed by atoms with E-state index in [2.05, 4.69) is 0 Å². The molecule has 1 aromatic carbocycles. The molecular formula is C9H9NO5. The van der Waals surface area contributed by atoms with Gasteiger partial charge in [-0.1, -0.05) is 18.2 Å². The molecule has 0 radical (unpaired) electrons. The Morgan fingerprint density at radius 2 is 2.07 bits per heavy atom. The van der Waals surface area contributed by atoms with Gasteiger partial charge in [-0.3, -0.25) is 10.1 Å². The summed E-state index contributed by atoms with van der Waals surface area (Å²) >= 11 is 0. The molecule has 0 spiro atoms. The molecule has 6 nitrogen and oxygen atoms in total. The van der Waals surface area contributed by atoms with E-state index in [0.29, 0.717) is 5.75 Å². The van der Waals surface area contributed by atoms with Gasteiger partial charge in [-0.2, -0.15) is 0 Å². The van der Waals surface area contributed by atoms with E-state index < -0.39 is 23.5 Å². The first-order chi connectivity index (χ1) is 7.11. The Bertz CT molecular complexity index is 337. The van der Waals surface area contributed by atoms with E-state index in [9.17, 15) is 14.9 Å². The van der Waals surface area contributed by atoms with Crippen LogP contribution in [0.15, 0.2) is 30.3 Å². The largest absolute Gasteiger partial charge is 0.486 e. The molecule has 0 aromatic heterocycles. The summed E-state index contributed by atoms with van der Waals surface area (Å²) < 4.78 is 4.97. The monoisotopic (exact) mass is 211 g/mol. The lowest BCUT2D eigenvalue weighted by molar-refractivity contribution is -0.512. The lowest BCUT2D eigenvalue weighted by atomic mass is 10.3. The number of hydrogen-bond acceptors (Lipinski definition) is 4. The first-order valence-corrected chi connectivity index (χ1v) is 4.15. The van der Waals surface area contributed by atoms with E-state index in [0.717, 1.165) is 0 Å². The number of para-hydroxylation sites is 1. The maximum absolute atomic E-state index is 10.4. The third-order valence-electron chi connectivity index (χ3n) is 1.69. The van der Waals surface area contributed by atoms with Gasteiger partial charge in [0, 0.05) is 4.92 Å². The number of carboxylic acids is 1. The van der Waals surface area contributed by atoms with Crippen molar-refractivity contribution in [3.05, 3.63) is 40.4 Å². The highest BCUT2D eigenvalue weighted by molar-refractivity contribution is 5.72. The van der Waals surface area contributed by atoms with Crippen molar-refractivity contribution in [2.24, 2.45) is 0 Å². The molecule has 0 fully saturated rings. The topological polar surface area (TPSA) is 89.7 Å². The van der Waals surface area contributed by atoms with Gasteiger partial charge in [0.2, 0.25) is 0 Å². The predicted molar refractivity (Wildman–Crippen MR) is 50.4 cm³/mol. The van der Waals surface area contributed by atoms with Gasteiger partial charge in [0.25, 0.3) is 0 Å². The minimum atomic E-state index is -1.73. The van der Waals surface area contributed by atoms with Crippen molar-refractivity contribution in [2.45, 2.75) is 6.04 Å². The van der Waals surface area contributed by atoms with Crippen LogP contribution in [-0.4, -0.2) is 28.6 Å². The molecule has 1 unspecified atom stereocenters. The Labute approximate surface area is 85.2 Å². The Balaban J connectivity index is 2.55. The van der Waals surface area contributed by atoms with Crippen molar-refractivity contribution in [1.29, 1.82) is 0 Å². The summed E-state index contributed by atoms with van der Waals surface area (Å²) in [6.07, 6.45) is 0. The van der Waals surface area contributed by atoms with Crippen LogP contribution in [0.2, 0.25) is 0 Å². The van der Waals surface area contributed by atoms with Crippen LogP contribution in [0.3, 0.4) is 0 Å². The van der Waals surface area contributed by atoms with Gasteiger partial charge in [0.15, 0.2) is 6.61 Å². The predicted octanol–water partition coefficient (Wildman–Crippen LogP) is 0.795. The molecule has 0 bridgehead atoms. The highest BCUT2D eigenvalue weighted by Gasteiger charge is 2.29. The van der Waals surface area contributed by atoms with Crippen LogP contribution >= 0.6 is 0 Å². The van der Waals surface area contributed by atoms with Crippen molar-refractivity contribution < 1.29 is 19.6 Å². The molecule has 0 aliphatic rings. The number of nitro groups is 1. The number of ether oxygens (including phenoxy) is 1. The summed E-state index contributed by atoms with van der Waals surface area (Å²) in [6, 6.07) is 6.60. The molecule has 1 aromatic rings. The quantitative estimate of drug-likeness (QED) is 0.574. The first-order valence-electron chi connectivity index (χ1n) is 4.15. The molecule has 80 valence electrons. The van der Waals surface area contributed by atoms with E-state index in [1.165, 1.54) is 0 Å². The highest BCUT2D eigenvalue weighted by Crippen LogP contribution is 2.09. The maximum Gasteiger partial charge on any atom is 0.383 e. The van der Waals surface area contributed by atoms with Crippen LogP contribution < -0.4 is 4.74 Å². The van der Waals surface area contributed by atoms with Gasteiger partial charge in [-0.25, -0.2) is 4.79 Å². The molecular weight excluding hydrogens is 202 g/mol. The Kier molecular flexibility index (Phi) is 3.61. The van der Waals surface area contributed by atoms with E-state index >= 15 is 0 Å². The van der Waals surface area contributed by atoms with Gasteiger partial charge in [-0.05, 0) is 12.1 Å². The second-order valence-corrected chi connectivity index (χ2v) is 2.76. The van der Waals surface area contributed by atoms with Gasteiger partial charge in [0.05, 0.1) is 0 Å². The molecule has 0 heterocycles. The molecule has 0 amide bonds. The number of carboxylic acid groups (broad SMARTS) is 1. The molecule has 0 aliphatic heterocycles. The number of rotatable bonds is 5. The van der Waals surface area contributed by atoms with E-state index in [-0.39, 0.29) is 0 Å². The smallest absolute Gasteiger partial charge is 0.383 e. The number of carbonyl (C=O) groups is 1. The second-order valence-electron chi connectivity index (χ2n) is 2.76. The standard InChI is InChI=1S/C9H9NO5/c11-9(12)8(10(13)14)6-15-7-4-2-1-3-5-7/h1-5,8H,6H2,(H,11,12). The zero-order valence-corrected chi connectivity index (χ0v) is 7.70. The highest BCUT2D eigenvalue weighted by atomic mass is 16.6. The Morgan fingerprint density at radius 3 is 2.53 bits per heavy atom. The molecule has 1 atom stereocenters. The van der Waals surface area contributed by atoms with Crippen molar-refractivity contribution in [2.75, 3.05) is 6.61 Å². The fraction of sp³-hybridized carbons (Fsp3) is 0.222. The molecule has 1 rings (SSSR count). The zero-order chi connectivity index (χ0) is 11.3. The minimum Gasteiger partial charge on any atom is -0.486 e. The van der Waals surface area contributed by atoms with Gasteiger partial charge in [-0.15, -0.1) is 0 Å². The third kappa shape index (κ3) is 3.26. The average Bonchev–Trinajstić information content (AvgIpc) is 2.18. The first kappa shape index (κ1) is 11.0. The molecule has 0 saturated carbocycles. The fourth-order valence-electron chi connectivity index (χ4n) is 0.914. The fourth-order valence-corrected chi connectivity index (χ4v) is 0.914. The van der Waals surface area contributed by atoms with Crippen LogP contribution in [0.1, 0.15) is 0 Å². The van der Waals surface area contributed by atoms with Crippen molar-refractivity contribution in [3.8, 4) is 5.75 Å². The molecule has 0 aliphatic carbocycles. The number of nitrogens with zero attached hydrogens (tertiary/aromatic N) is 1. The molecule has 6 heteroatoms. The van der Waals surface area contributed by atoms with Crippen LogP contribution in [0.4, 0.5) is 0 Å². The van der Waals surface area contributed by atoms with E-state index in [1.807, 2.05) is 0 Å². The van der Waals surface area contributed by atoms with Gasteiger partial charge >= 0.3 is 12.0 Å². The van der Waals surface area contributed by atoms with Crippen molar-refractivity contribution in [3.63, 3.8) is 0 Å². The van der Waals surface area contributed by atoms with Gasteiger partial charge in [0.1, 0.15) is 5.75 Å². The van der Waals surface area contributed by atoms with E-state index in [4.69, 9.17) is 9.84 Å². The summed E-state index contributed by atoms with van der Waals surface area (Å²) in [5.74, 6) is -1.10. The molecule has 15 heavy (non-hydrogen) atoms. The molecule has 0 saturated heterocycles. The average molecular weight is 211 g/mol. The summed E-state index contributed by atoms with van der Waals surface area (Å²) in [5.41, 5.74) is 0. The number of benzene rings is 1. The third-order valence-corrected chi connectivity index (χ3v) is 1.69. The Morgan fingerprint density at radius 1 is 1.47 bits per heavy atom. The van der Waals surface area contributed by atoms with Crippen molar-refractivity contribution in [1.82, 2.24) is 0 Å². The second kappa shape index (κ2) is 4.94. The maximum atomic E-state index is 10.4. The number of hydrogen-bond donors (Lipinski definition) is 1. The van der Waals surface area contributed by atoms with Crippen LogP contribution in [0, 0.1) is 10.1 Å². The summed E-state index contributed by atoms with van der Waals surface area (Å²) in [7, 11) is 0. The lowest BCUT2D eigenvalue weighted by Gasteiger charge is -2.07. The van der Waals surface area contributed by atoms with E-state index in [1.54, 1.807) is 30.3 Å². The zero-order valence-electron chi connectivity index (χ0n) is 7.70.